The van der Waals surface area contributed by atoms with Crippen LogP contribution in [0.1, 0.15) is 11.1 Å². The van der Waals surface area contributed by atoms with Crippen LogP contribution in [-0.4, -0.2) is 34.9 Å². The molecule has 0 bridgehead atoms. The first kappa shape index (κ1) is 15.9. The van der Waals surface area contributed by atoms with Gasteiger partial charge in [-0.2, -0.15) is 0 Å². The zero-order chi connectivity index (χ0) is 16.9. The van der Waals surface area contributed by atoms with Gasteiger partial charge >= 0.3 is 6.03 Å². The van der Waals surface area contributed by atoms with Crippen molar-refractivity contribution in [3.8, 4) is 0 Å². The average molecular weight is 328 g/mol. The van der Waals surface area contributed by atoms with Crippen LogP contribution in [0, 0.1) is 5.82 Å². The Labute approximate surface area is 138 Å². The minimum atomic E-state index is -0.480. The summed E-state index contributed by atoms with van der Waals surface area (Å²) in [5.74, 6) is -0.658. The van der Waals surface area contributed by atoms with Crippen LogP contribution in [0.2, 0.25) is 0 Å². The zero-order valence-electron chi connectivity index (χ0n) is 13.0. The van der Waals surface area contributed by atoms with Crippen LogP contribution in [0.4, 0.5) is 15.0 Å². The van der Waals surface area contributed by atoms with E-state index < -0.39 is 11.7 Å². The molecule has 0 atom stereocenters. The van der Waals surface area contributed by atoms with Crippen LogP contribution in [-0.2, 0) is 17.8 Å². The molecule has 2 heterocycles. The molecule has 2 aromatic rings. The first-order valence-electron chi connectivity index (χ1n) is 7.63. The normalized spacial score (nSPS) is 13.1. The van der Waals surface area contributed by atoms with E-state index in [0.717, 1.165) is 18.2 Å². The lowest BCUT2D eigenvalue weighted by molar-refractivity contribution is -0.115. The van der Waals surface area contributed by atoms with Gasteiger partial charge in [0.1, 0.15) is 11.6 Å². The van der Waals surface area contributed by atoms with Gasteiger partial charge in [-0.25, -0.2) is 14.2 Å². The number of aromatic nitrogens is 1. The molecule has 0 spiro atoms. The number of carbonyl (C=O) groups excluding carboxylic acids is 2. The number of urea groups is 1. The molecule has 1 aromatic heterocycles. The lowest BCUT2D eigenvalue weighted by Gasteiger charge is -2.28. The largest absolute Gasteiger partial charge is 0.329 e. The Morgan fingerprint density at radius 1 is 1.17 bits per heavy atom. The average Bonchev–Trinajstić information content (AvgIpc) is 2.61. The number of amides is 3. The second-order valence-electron chi connectivity index (χ2n) is 5.51. The summed E-state index contributed by atoms with van der Waals surface area (Å²) in [7, 11) is 0. The molecule has 1 aliphatic rings. The van der Waals surface area contributed by atoms with Gasteiger partial charge in [-0.1, -0.05) is 24.3 Å². The molecule has 0 aliphatic carbocycles. The van der Waals surface area contributed by atoms with E-state index in [0.29, 0.717) is 13.1 Å². The van der Waals surface area contributed by atoms with E-state index in [1.165, 1.54) is 17.7 Å². The monoisotopic (exact) mass is 328 g/mol. The summed E-state index contributed by atoms with van der Waals surface area (Å²) in [5, 5.41) is 5.08. The van der Waals surface area contributed by atoms with Crippen LogP contribution in [0.15, 0.2) is 42.6 Å². The number of fused-ring (bicyclic) bond motifs is 1. The van der Waals surface area contributed by atoms with Crippen LogP contribution in [0.3, 0.4) is 0 Å². The summed E-state index contributed by atoms with van der Waals surface area (Å²) in [6.07, 6.45) is 1.81. The fourth-order valence-electron chi connectivity index (χ4n) is 2.57. The highest BCUT2D eigenvalue weighted by Crippen LogP contribution is 2.18. The van der Waals surface area contributed by atoms with Gasteiger partial charge in [0.05, 0.1) is 12.7 Å². The number of hydrogen-bond acceptors (Lipinski definition) is 3. The predicted molar refractivity (Wildman–Crippen MR) is 86.8 cm³/mol. The predicted octanol–water partition coefficient (Wildman–Crippen LogP) is 1.93. The van der Waals surface area contributed by atoms with Gasteiger partial charge in [-0.3, -0.25) is 4.79 Å². The lowest BCUT2D eigenvalue weighted by atomic mass is 10.0. The molecule has 6 nitrogen and oxygen atoms in total. The minimum Gasteiger partial charge on any atom is -0.329 e. The van der Waals surface area contributed by atoms with Crippen molar-refractivity contribution in [3.05, 3.63) is 59.5 Å². The number of nitrogens with one attached hydrogen (secondary N) is 2. The Morgan fingerprint density at radius 2 is 1.96 bits per heavy atom. The molecule has 124 valence electrons. The number of pyridine rings is 1. The SMILES string of the molecule is O=C(CNC(=O)N1CCc2ccccc2C1)Nc1ccc(F)cn1. The minimum absolute atomic E-state index is 0.171. The van der Waals surface area contributed by atoms with Gasteiger partial charge in [-0.15, -0.1) is 0 Å². The highest BCUT2D eigenvalue weighted by atomic mass is 19.1. The van der Waals surface area contributed by atoms with Crippen molar-refractivity contribution in [2.45, 2.75) is 13.0 Å². The second kappa shape index (κ2) is 7.08. The van der Waals surface area contributed by atoms with Crippen molar-refractivity contribution < 1.29 is 14.0 Å². The summed E-state index contributed by atoms with van der Waals surface area (Å²) in [4.78, 5) is 29.4. The van der Waals surface area contributed by atoms with Gasteiger partial charge in [-0.05, 0) is 29.7 Å². The van der Waals surface area contributed by atoms with Crippen LogP contribution < -0.4 is 10.6 Å². The Bertz CT molecular complexity index is 749. The summed E-state index contributed by atoms with van der Waals surface area (Å²) in [5.41, 5.74) is 2.38. The van der Waals surface area contributed by atoms with Crippen LogP contribution >= 0.6 is 0 Å². The van der Waals surface area contributed by atoms with E-state index in [9.17, 15) is 14.0 Å². The summed E-state index contributed by atoms with van der Waals surface area (Å²) < 4.78 is 12.8. The molecule has 3 amide bonds. The van der Waals surface area contributed by atoms with Crippen molar-refractivity contribution in [3.63, 3.8) is 0 Å². The number of benzene rings is 1. The Hall–Kier alpha value is -2.96. The maximum absolute atomic E-state index is 12.8. The first-order valence-corrected chi connectivity index (χ1v) is 7.63. The van der Waals surface area contributed by atoms with Gasteiger partial charge in [0.25, 0.3) is 0 Å². The van der Waals surface area contributed by atoms with Crippen LogP contribution in [0.25, 0.3) is 0 Å². The van der Waals surface area contributed by atoms with Gasteiger partial charge in [0.15, 0.2) is 0 Å². The zero-order valence-corrected chi connectivity index (χ0v) is 13.0. The number of anilines is 1. The van der Waals surface area contributed by atoms with Crippen molar-refractivity contribution >= 4 is 17.8 Å². The molecule has 0 saturated heterocycles. The molecule has 3 rings (SSSR count). The molecule has 1 aliphatic heterocycles. The topological polar surface area (TPSA) is 74.3 Å². The Kier molecular flexibility index (Phi) is 4.69. The van der Waals surface area contributed by atoms with E-state index in [1.54, 1.807) is 4.90 Å². The molecule has 0 radical (unpaired) electrons. The number of rotatable bonds is 3. The van der Waals surface area contributed by atoms with E-state index >= 15 is 0 Å². The van der Waals surface area contributed by atoms with Gasteiger partial charge in [0, 0.05) is 13.1 Å². The highest BCUT2D eigenvalue weighted by molar-refractivity contribution is 5.93. The molecule has 2 N–H and O–H groups in total. The molecule has 0 saturated carbocycles. The van der Waals surface area contributed by atoms with Crippen LogP contribution in [0.5, 0.6) is 0 Å². The van der Waals surface area contributed by atoms with Crippen molar-refractivity contribution in [2.75, 3.05) is 18.4 Å². The summed E-state index contributed by atoms with van der Waals surface area (Å²) >= 11 is 0. The summed E-state index contributed by atoms with van der Waals surface area (Å²) in [6.45, 7) is 0.975. The standard InChI is InChI=1S/C17H17FN4O2/c18-14-5-6-15(19-9-14)21-16(23)10-20-17(24)22-8-7-12-3-1-2-4-13(12)11-22/h1-6,9H,7-8,10-11H2,(H,20,24)(H,19,21,23). The molecule has 0 unspecified atom stereocenters. The number of halogens is 1. The fraction of sp³-hybridized carbons (Fsp3) is 0.235. The molecular formula is C17H17FN4O2. The van der Waals surface area contributed by atoms with E-state index in [4.69, 9.17) is 0 Å². The Morgan fingerprint density at radius 3 is 2.71 bits per heavy atom. The maximum Gasteiger partial charge on any atom is 0.318 e. The second-order valence-corrected chi connectivity index (χ2v) is 5.51. The lowest BCUT2D eigenvalue weighted by Crippen LogP contribution is -2.45. The number of carbonyl (C=O) groups is 2. The third-order valence-electron chi connectivity index (χ3n) is 3.81. The highest BCUT2D eigenvalue weighted by Gasteiger charge is 2.20. The van der Waals surface area contributed by atoms with Crippen molar-refractivity contribution in [1.82, 2.24) is 15.2 Å². The number of hydrogen-bond donors (Lipinski definition) is 2. The van der Waals surface area contributed by atoms with E-state index in [2.05, 4.69) is 21.7 Å². The summed E-state index contributed by atoms with van der Waals surface area (Å²) in [6, 6.07) is 10.3. The van der Waals surface area contributed by atoms with Gasteiger partial charge < -0.3 is 15.5 Å². The molecule has 0 fully saturated rings. The maximum atomic E-state index is 12.8. The van der Waals surface area contributed by atoms with E-state index in [-0.39, 0.29) is 18.4 Å². The number of nitrogens with zero attached hydrogens (tertiary/aromatic N) is 2. The fourth-order valence-corrected chi connectivity index (χ4v) is 2.57. The smallest absolute Gasteiger partial charge is 0.318 e. The third-order valence-corrected chi connectivity index (χ3v) is 3.81. The first-order chi connectivity index (χ1) is 11.6. The molecule has 7 heteroatoms. The van der Waals surface area contributed by atoms with Crippen molar-refractivity contribution in [2.24, 2.45) is 0 Å². The quantitative estimate of drug-likeness (QED) is 0.904. The van der Waals surface area contributed by atoms with E-state index in [1.807, 2.05) is 18.2 Å². The van der Waals surface area contributed by atoms with Crippen molar-refractivity contribution in [1.29, 1.82) is 0 Å². The Balaban J connectivity index is 1.49. The molecule has 24 heavy (non-hydrogen) atoms. The molecule has 1 aromatic carbocycles. The van der Waals surface area contributed by atoms with Gasteiger partial charge in [0.2, 0.25) is 5.91 Å². The molecular weight excluding hydrogens is 311 g/mol. The third kappa shape index (κ3) is 3.87.